The number of amides is 2. The van der Waals surface area contributed by atoms with Crippen LogP contribution in [0.1, 0.15) is 34.1 Å². The van der Waals surface area contributed by atoms with Gasteiger partial charge in [0.1, 0.15) is 6.54 Å². The Bertz CT molecular complexity index is 815. The van der Waals surface area contributed by atoms with Crippen LogP contribution < -0.4 is 5.32 Å². The molecule has 1 aromatic carbocycles. The molecule has 0 saturated heterocycles. The number of carbonyl (C=O) groups excluding carboxylic acids is 2. The molecule has 26 heavy (non-hydrogen) atoms. The van der Waals surface area contributed by atoms with Gasteiger partial charge in [0.05, 0.1) is 18.7 Å². The molecule has 0 aliphatic carbocycles. The highest BCUT2D eigenvalue weighted by atomic mass is 16.4. The van der Waals surface area contributed by atoms with Crippen molar-refractivity contribution in [3.8, 4) is 0 Å². The first-order chi connectivity index (χ1) is 12.3. The third-order valence-electron chi connectivity index (χ3n) is 3.82. The van der Waals surface area contributed by atoms with E-state index in [-0.39, 0.29) is 24.6 Å². The zero-order valence-electron chi connectivity index (χ0n) is 14.8. The Balaban J connectivity index is 2.15. The number of rotatable bonds is 7. The zero-order valence-corrected chi connectivity index (χ0v) is 14.8. The third kappa shape index (κ3) is 4.88. The summed E-state index contributed by atoms with van der Waals surface area (Å²) in [5.74, 6) is -1.77. The highest BCUT2D eigenvalue weighted by Crippen LogP contribution is 2.21. The number of hydrogen-bond donors (Lipinski definition) is 2. The van der Waals surface area contributed by atoms with Crippen LogP contribution >= 0.6 is 0 Å². The summed E-state index contributed by atoms with van der Waals surface area (Å²) in [4.78, 5) is 36.7. The van der Waals surface area contributed by atoms with Gasteiger partial charge in [-0.25, -0.2) is 4.68 Å². The lowest BCUT2D eigenvalue weighted by Crippen LogP contribution is -2.31. The van der Waals surface area contributed by atoms with E-state index < -0.39 is 17.9 Å². The molecule has 2 rings (SSSR count). The molecule has 0 bridgehead atoms. The van der Waals surface area contributed by atoms with Gasteiger partial charge in [-0.2, -0.15) is 0 Å². The molecule has 0 fully saturated rings. The van der Waals surface area contributed by atoms with E-state index in [4.69, 9.17) is 5.11 Å². The topological polar surface area (TPSA) is 117 Å². The Hall–Kier alpha value is -3.23. The van der Waals surface area contributed by atoms with Crippen LogP contribution in [0.25, 0.3) is 0 Å². The maximum Gasteiger partial charge on any atom is 0.305 e. The minimum absolute atomic E-state index is 0.0144. The number of carbonyl (C=O) groups is 3. The van der Waals surface area contributed by atoms with E-state index in [0.29, 0.717) is 0 Å². The van der Waals surface area contributed by atoms with Crippen molar-refractivity contribution in [3.05, 3.63) is 47.3 Å². The molecule has 1 heterocycles. The van der Waals surface area contributed by atoms with E-state index >= 15 is 0 Å². The second-order valence-corrected chi connectivity index (χ2v) is 6.07. The highest BCUT2D eigenvalue weighted by Gasteiger charge is 2.22. The average molecular weight is 359 g/mol. The van der Waals surface area contributed by atoms with Crippen LogP contribution in [0.5, 0.6) is 0 Å². The molecule has 0 spiro atoms. The number of carboxylic acids is 1. The smallest absolute Gasteiger partial charge is 0.305 e. The molecule has 138 valence electrons. The lowest BCUT2D eigenvalue weighted by atomic mass is 9.98. The van der Waals surface area contributed by atoms with Crippen LogP contribution in [0.2, 0.25) is 0 Å². The number of likely N-dealkylation sites (N-methyl/N-ethyl adjacent to an activating group) is 1. The summed E-state index contributed by atoms with van der Waals surface area (Å²) in [5.41, 5.74) is 1.61. The molecule has 0 aliphatic rings. The Morgan fingerprint density at radius 3 is 2.58 bits per heavy atom. The maximum atomic E-state index is 12.4. The van der Waals surface area contributed by atoms with E-state index in [1.807, 2.05) is 19.1 Å². The summed E-state index contributed by atoms with van der Waals surface area (Å²) >= 11 is 0. The summed E-state index contributed by atoms with van der Waals surface area (Å²) in [5, 5.41) is 19.3. The lowest BCUT2D eigenvalue weighted by molar-refractivity contribution is -0.137. The largest absolute Gasteiger partial charge is 0.481 e. The van der Waals surface area contributed by atoms with Gasteiger partial charge in [-0.15, -0.1) is 5.10 Å². The minimum Gasteiger partial charge on any atom is -0.481 e. The molecular formula is C17H21N5O4. The molecule has 0 saturated carbocycles. The second-order valence-electron chi connectivity index (χ2n) is 6.07. The lowest BCUT2D eigenvalue weighted by Gasteiger charge is -2.18. The molecule has 1 unspecified atom stereocenters. The Labute approximate surface area is 150 Å². The standard InChI is InChI=1S/C17H21N5O4/c1-11-6-4-5-7-12(11)13(8-16(24)25)18-17(26)14-9-22(20-19-14)10-15(23)21(2)3/h4-7,9,13H,8,10H2,1-3H3,(H,18,26)(H,24,25). The quantitative estimate of drug-likeness (QED) is 0.748. The number of aromatic nitrogens is 3. The van der Waals surface area contributed by atoms with Crippen molar-refractivity contribution in [3.63, 3.8) is 0 Å². The predicted molar refractivity (Wildman–Crippen MR) is 92.4 cm³/mol. The van der Waals surface area contributed by atoms with Crippen molar-refractivity contribution < 1.29 is 19.5 Å². The molecule has 0 radical (unpaired) electrons. The normalized spacial score (nSPS) is 11.7. The number of aryl methyl sites for hydroxylation is 1. The fraction of sp³-hybridized carbons (Fsp3) is 0.353. The van der Waals surface area contributed by atoms with Crippen LogP contribution in [-0.4, -0.2) is 56.9 Å². The van der Waals surface area contributed by atoms with Gasteiger partial charge in [-0.05, 0) is 18.1 Å². The molecule has 1 atom stereocenters. The first kappa shape index (κ1) is 19.1. The van der Waals surface area contributed by atoms with Crippen LogP contribution in [-0.2, 0) is 16.1 Å². The summed E-state index contributed by atoms with van der Waals surface area (Å²) in [6.07, 6.45) is 1.09. The summed E-state index contributed by atoms with van der Waals surface area (Å²) < 4.78 is 1.26. The molecule has 2 amide bonds. The third-order valence-corrected chi connectivity index (χ3v) is 3.82. The van der Waals surface area contributed by atoms with Gasteiger partial charge in [0.2, 0.25) is 5.91 Å². The first-order valence-electron chi connectivity index (χ1n) is 7.96. The fourth-order valence-corrected chi connectivity index (χ4v) is 2.38. The van der Waals surface area contributed by atoms with Gasteiger partial charge < -0.3 is 15.3 Å². The summed E-state index contributed by atoms with van der Waals surface area (Å²) in [6.45, 7) is 1.81. The highest BCUT2D eigenvalue weighted by molar-refractivity contribution is 5.92. The van der Waals surface area contributed by atoms with Crippen LogP contribution in [0.3, 0.4) is 0 Å². The average Bonchev–Trinajstić information content (AvgIpc) is 3.02. The molecule has 1 aromatic heterocycles. The molecule has 2 aromatic rings. The molecule has 9 heteroatoms. The first-order valence-corrected chi connectivity index (χ1v) is 7.96. The number of carboxylic acid groups (broad SMARTS) is 1. The summed E-state index contributed by atoms with van der Waals surface area (Å²) in [6, 6.07) is 6.54. The van der Waals surface area contributed by atoms with Gasteiger partial charge >= 0.3 is 5.97 Å². The van der Waals surface area contributed by atoms with Crippen molar-refractivity contribution >= 4 is 17.8 Å². The molecule has 2 N–H and O–H groups in total. The van der Waals surface area contributed by atoms with E-state index in [1.165, 1.54) is 15.8 Å². The Morgan fingerprint density at radius 2 is 1.96 bits per heavy atom. The van der Waals surface area contributed by atoms with Crippen molar-refractivity contribution in [2.75, 3.05) is 14.1 Å². The van der Waals surface area contributed by atoms with Crippen molar-refractivity contribution in [2.45, 2.75) is 25.9 Å². The van der Waals surface area contributed by atoms with Crippen LogP contribution in [0, 0.1) is 6.92 Å². The molecular weight excluding hydrogens is 338 g/mol. The SMILES string of the molecule is Cc1ccccc1C(CC(=O)O)NC(=O)c1cn(CC(=O)N(C)C)nn1. The van der Waals surface area contributed by atoms with Crippen LogP contribution in [0.15, 0.2) is 30.5 Å². The van der Waals surface area contributed by atoms with Gasteiger partial charge in [-0.1, -0.05) is 29.5 Å². The van der Waals surface area contributed by atoms with E-state index in [0.717, 1.165) is 11.1 Å². The fourth-order valence-electron chi connectivity index (χ4n) is 2.38. The number of aliphatic carboxylic acids is 1. The van der Waals surface area contributed by atoms with Crippen LogP contribution in [0.4, 0.5) is 0 Å². The van der Waals surface area contributed by atoms with Gasteiger partial charge in [0.15, 0.2) is 5.69 Å². The van der Waals surface area contributed by atoms with E-state index in [2.05, 4.69) is 15.6 Å². The second kappa shape index (κ2) is 8.24. The summed E-state index contributed by atoms with van der Waals surface area (Å²) in [7, 11) is 3.23. The van der Waals surface area contributed by atoms with Crippen molar-refractivity contribution in [1.29, 1.82) is 0 Å². The minimum atomic E-state index is -1.03. The monoisotopic (exact) mass is 359 g/mol. The Kier molecular flexibility index (Phi) is 6.05. The maximum absolute atomic E-state index is 12.4. The molecule has 9 nitrogen and oxygen atoms in total. The number of nitrogens with zero attached hydrogens (tertiary/aromatic N) is 4. The zero-order chi connectivity index (χ0) is 19.3. The number of hydrogen-bond acceptors (Lipinski definition) is 5. The Morgan fingerprint density at radius 1 is 1.27 bits per heavy atom. The van der Waals surface area contributed by atoms with Crippen molar-refractivity contribution in [1.82, 2.24) is 25.2 Å². The number of benzene rings is 1. The van der Waals surface area contributed by atoms with Gasteiger partial charge in [0.25, 0.3) is 5.91 Å². The number of nitrogens with one attached hydrogen (secondary N) is 1. The van der Waals surface area contributed by atoms with Gasteiger partial charge in [0, 0.05) is 14.1 Å². The van der Waals surface area contributed by atoms with E-state index in [9.17, 15) is 14.4 Å². The predicted octanol–water partition coefficient (Wildman–Crippen LogP) is 0.621. The molecule has 0 aliphatic heterocycles. The van der Waals surface area contributed by atoms with Gasteiger partial charge in [-0.3, -0.25) is 14.4 Å². The van der Waals surface area contributed by atoms with E-state index in [1.54, 1.807) is 26.2 Å². The van der Waals surface area contributed by atoms with Crippen molar-refractivity contribution in [2.24, 2.45) is 0 Å².